The highest BCUT2D eigenvalue weighted by Gasteiger charge is 2.37. The number of hydrogen-bond donors (Lipinski definition) is 1. The van der Waals surface area contributed by atoms with E-state index in [0.29, 0.717) is 5.92 Å². The molecule has 2 rings (SSSR count). The summed E-state index contributed by atoms with van der Waals surface area (Å²) in [5.41, 5.74) is -1.12. The van der Waals surface area contributed by atoms with Crippen molar-refractivity contribution in [2.45, 2.75) is 57.8 Å². The van der Waals surface area contributed by atoms with Crippen molar-refractivity contribution < 1.29 is 23.1 Å². The normalized spacial score (nSPS) is 21.8. The second kappa shape index (κ2) is 7.55. The first-order chi connectivity index (χ1) is 11.2. The van der Waals surface area contributed by atoms with Crippen LogP contribution in [0.5, 0.6) is 0 Å². The summed E-state index contributed by atoms with van der Waals surface area (Å²) in [7, 11) is 1.70. The van der Waals surface area contributed by atoms with Crippen LogP contribution in [-0.4, -0.2) is 45.4 Å². The van der Waals surface area contributed by atoms with Gasteiger partial charge < -0.3 is 10.0 Å². The third-order valence-electron chi connectivity index (χ3n) is 4.71. The lowest BCUT2D eigenvalue weighted by Gasteiger charge is -2.33. The maximum Gasteiger partial charge on any atom is 0.435 e. The standard InChI is InChI=1S/C16H24F3N3O2/c1-11-3-5-13(6-4-11)21(2)14(24)10-22-9-12(7-8-23)15(20-22)16(17,18)19/h9,11,13,23H,3-8,10H2,1-2H3. The van der Waals surface area contributed by atoms with Gasteiger partial charge in [0.15, 0.2) is 5.69 Å². The van der Waals surface area contributed by atoms with Gasteiger partial charge in [-0.25, -0.2) is 0 Å². The van der Waals surface area contributed by atoms with Gasteiger partial charge in [-0.3, -0.25) is 9.48 Å². The van der Waals surface area contributed by atoms with E-state index < -0.39 is 18.5 Å². The summed E-state index contributed by atoms with van der Waals surface area (Å²) in [6, 6.07) is 0.142. The van der Waals surface area contributed by atoms with Crippen molar-refractivity contribution in [2.24, 2.45) is 5.92 Å². The van der Waals surface area contributed by atoms with Gasteiger partial charge in [-0.05, 0) is 38.0 Å². The van der Waals surface area contributed by atoms with Gasteiger partial charge in [-0.2, -0.15) is 18.3 Å². The van der Waals surface area contributed by atoms with E-state index in [1.54, 1.807) is 11.9 Å². The Morgan fingerprint density at radius 3 is 2.54 bits per heavy atom. The molecule has 0 saturated heterocycles. The molecule has 1 aliphatic carbocycles. The predicted octanol–water partition coefficient (Wildman–Crippen LogP) is 2.47. The number of carbonyl (C=O) groups excluding carboxylic acids is 1. The van der Waals surface area contributed by atoms with Gasteiger partial charge in [0.2, 0.25) is 5.91 Å². The molecule has 1 N–H and O–H groups in total. The van der Waals surface area contributed by atoms with Crippen molar-refractivity contribution in [3.8, 4) is 0 Å². The van der Waals surface area contributed by atoms with Crippen molar-refractivity contribution in [1.29, 1.82) is 0 Å². The summed E-state index contributed by atoms with van der Waals surface area (Å²) < 4.78 is 39.9. The zero-order chi connectivity index (χ0) is 17.9. The van der Waals surface area contributed by atoms with Crippen LogP contribution in [0.4, 0.5) is 13.2 Å². The van der Waals surface area contributed by atoms with E-state index in [1.807, 2.05) is 0 Å². The molecule has 0 radical (unpaired) electrons. The highest BCUT2D eigenvalue weighted by molar-refractivity contribution is 5.76. The molecule has 24 heavy (non-hydrogen) atoms. The lowest BCUT2D eigenvalue weighted by atomic mass is 9.87. The van der Waals surface area contributed by atoms with E-state index in [1.165, 1.54) is 6.20 Å². The molecule has 8 heteroatoms. The van der Waals surface area contributed by atoms with Crippen LogP contribution in [0.15, 0.2) is 6.20 Å². The van der Waals surface area contributed by atoms with Crippen LogP contribution in [0.2, 0.25) is 0 Å². The lowest BCUT2D eigenvalue weighted by Crippen LogP contribution is -2.41. The zero-order valence-corrected chi connectivity index (χ0v) is 14.0. The molecular formula is C16H24F3N3O2. The maximum atomic E-state index is 13.0. The summed E-state index contributed by atoms with van der Waals surface area (Å²) in [4.78, 5) is 14.0. The Balaban J connectivity index is 2.05. The van der Waals surface area contributed by atoms with Crippen molar-refractivity contribution in [3.63, 3.8) is 0 Å². The minimum Gasteiger partial charge on any atom is -0.396 e. The summed E-state index contributed by atoms with van der Waals surface area (Å²) in [5, 5.41) is 12.4. The third-order valence-corrected chi connectivity index (χ3v) is 4.71. The van der Waals surface area contributed by atoms with Gasteiger partial charge in [0.05, 0.1) is 0 Å². The average molecular weight is 347 g/mol. The molecule has 0 aliphatic heterocycles. The number of carbonyl (C=O) groups is 1. The lowest BCUT2D eigenvalue weighted by molar-refractivity contribution is -0.142. The predicted molar refractivity (Wildman–Crippen MR) is 82.2 cm³/mol. The number of nitrogens with zero attached hydrogens (tertiary/aromatic N) is 3. The van der Waals surface area contributed by atoms with Gasteiger partial charge in [-0.15, -0.1) is 0 Å². The van der Waals surface area contributed by atoms with Gasteiger partial charge >= 0.3 is 6.18 Å². The topological polar surface area (TPSA) is 58.4 Å². The van der Waals surface area contributed by atoms with E-state index in [-0.39, 0.29) is 30.5 Å². The molecule has 0 bridgehead atoms. The first-order valence-electron chi connectivity index (χ1n) is 8.22. The number of halogens is 3. The third kappa shape index (κ3) is 4.49. The molecule has 0 spiro atoms. The fourth-order valence-electron chi connectivity index (χ4n) is 3.17. The van der Waals surface area contributed by atoms with Crippen LogP contribution < -0.4 is 0 Å². The van der Waals surface area contributed by atoms with E-state index in [4.69, 9.17) is 5.11 Å². The minimum absolute atomic E-state index is 0.0908. The fourth-order valence-corrected chi connectivity index (χ4v) is 3.17. The molecule has 0 aromatic carbocycles. The molecule has 1 aromatic heterocycles. The Kier molecular flexibility index (Phi) is 5.90. The quantitative estimate of drug-likeness (QED) is 0.890. The molecule has 1 aromatic rings. The number of amides is 1. The van der Waals surface area contributed by atoms with Crippen LogP contribution in [0.3, 0.4) is 0 Å². The summed E-state index contributed by atoms with van der Waals surface area (Å²) >= 11 is 0. The van der Waals surface area contributed by atoms with Gasteiger partial charge in [0, 0.05) is 31.5 Å². The molecule has 0 unspecified atom stereocenters. The van der Waals surface area contributed by atoms with E-state index in [0.717, 1.165) is 30.4 Å². The highest BCUT2D eigenvalue weighted by atomic mass is 19.4. The number of alkyl halides is 3. The monoisotopic (exact) mass is 347 g/mol. The molecule has 0 atom stereocenters. The number of rotatable bonds is 5. The van der Waals surface area contributed by atoms with E-state index in [9.17, 15) is 18.0 Å². The maximum absolute atomic E-state index is 13.0. The average Bonchev–Trinajstić information content (AvgIpc) is 2.90. The highest BCUT2D eigenvalue weighted by Crippen LogP contribution is 2.31. The molecule has 1 aliphatic rings. The number of likely N-dealkylation sites (N-methyl/N-ethyl adjacent to an activating group) is 1. The Labute approximate surface area is 139 Å². The Morgan fingerprint density at radius 1 is 1.38 bits per heavy atom. The molecule has 136 valence electrons. The summed E-state index contributed by atoms with van der Waals surface area (Å²) in [5.74, 6) is 0.410. The van der Waals surface area contributed by atoms with Crippen molar-refractivity contribution in [1.82, 2.24) is 14.7 Å². The van der Waals surface area contributed by atoms with Crippen molar-refractivity contribution >= 4 is 5.91 Å². The second-order valence-electron chi connectivity index (χ2n) is 6.59. The first kappa shape index (κ1) is 18.8. The second-order valence-corrected chi connectivity index (χ2v) is 6.59. The number of aliphatic hydroxyl groups excluding tert-OH is 1. The molecule has 1 heterocycles. The molecule has 1 saturated carbocycles. The molecule has 1 amide bonds. The van der Waals surface area contributed by atoms with Crippen molar-refractivity contribution in [2.75, 3.05) is 13.7 Å². The molecule has 1 fully saturated rings. The van der Waals surface area contributed by atoms with Crippen LogP contribution in [0.25, 0.3) is 0 Å². The van der Waals surface area contributed by atoms with Gasteiger partial charge in [-0.1, -0.05) is 6.92 Å². The number of hydrogen-bond acceptors (Lipinski definition) is 3. The fraction of sp³-hybridized carbons (Fsp3) is 0.750. The summed E-state index contributed by atoms with van der Waals surface area (Å²) in [6.07, 6.45) is 0.432. The van der Waals surface area contributed by atoms with Crippen LogP contribution in [0, 0.1) is 5.92 Å². The Morgan fingerprint density at radius 2 is 2.00 bits per heavy atom. The Hall–Kier alpha value is -1.57. The minimum atomic E-state index is -4.59. The Bertz CT molecular complexity index is 563. The largest absolute Gasteiger partial charge is 0.435 e. The first-order valence-corrected chi connectivity index (χ1v) is 8.22. The van der Waals surface area contributed by atoms with Crippen LogP contribution >= 0.6 is 0 Å². The number of aliphatic hydroxyl groups is 1. The molecule has 5 nitrogen and oxygen atoms in total. The van der Waals surface area contributed by atoms with Gasteiger partial charge in [0.25, 0.3) is 0 Å². The van der Waals surface area contributed by atoms with Crippen LogP contribution in [0.1, 0.15) is 43.9 Å². The van der Waals surface area contributed by atoms with Crippen LogP contribution in [-0.2, 0) is 23.9 Å². The summed E-state index contributed by atoms with van der Waals surface area (Å²) in [6.45, 7) is 1.56. The molecular weight excluding hydrogens is 323 g/mol. The zero-order valence-electron chi connectivity index (χ0n) is 14.0. The SMILES string of the molecule is CC1CCC(N(C)C(=O)Cn2cc(CCO)c(C(F)(F)F)n2)CC1. The van der Waals surface area contributed by atoms with E-state index >= 15 is 0 Å². The van der Waals surface area contributed by atoms with Gasteiger partial charge in [0.1, 0.15) is 6.54 Å². The van der Waals surface area contributed by atoms with Crippen molar-refractivity contribution in [3.05, 3.63) is 17.5 Å². The number of aromatic nitrogens is 2. The smallest absolute Gasteiger partial charge is 0.396 e. The van der Waals surface area contributed by atoms with E-state index in [2.05, 4.69) is 12.0 Å².